The van der Waals surface area contributed by atoms with E-state index in [-0.39, 0.29) is 12.1 Å². The summed E-state index contributed by atoms with van der Waals surface area (Å²) < 4.78 is 0. The lowest BCUT2D eigenvalue weighted by atomic mass is 9.80. The van der Waals surface area contributed by atoms with Crippen molar-refractivity contribution in [3.8, 4) is 0 Å². The molecule has 1 aromatic rings. The van der Waals surface area contributed by atoms with Crippen LogP contribution in [0, 0.1) is 5.92 Å². The molecular formula is C13H19NO. The molecule has 0 heterocycles. The molecule has 3 N–H and O–H groups in total. The van der Waals surface area contributed by atoms with Crippen molar-refractivity contribution in [1.82, 2.24) is 0 Å². The molecule has 0 aromatic heterocycles. The lowest BCUT2D eigenvalue weighted by Crippen LogP contribution is -2.27. The fourth-order valence-corrected chi connectivity index (χ4v) is 2.41. The van der Waals surface area contributed by atoms with Gasteiger partial charge in [-0.05, 0) is 37.2 Å². The smallest absolute Gasteiger partial charge is 0.0540 e. The lowest BCUT2D eigenvalue weighted by Gasteiger charge is -2.30. The molecule has 1 aromatic carbocycles. The standard InChI is InChI=1S/C13H19NO/c14-13(10-4-2-1-3-5-10)11-6-8-12(15)9-7-11/h1-5,11-13,15H,6-9,14H2. The molecule has 1 fully saturated rings. The van der Waals surface area contributed by atoms with E-state index in [0.717, 1.165) is 25.7 Å². The van der Waals surface area contributed by atoms with Gasteiger partial charge in [-0.15, -0.1) is 0 Å². The first-order valence-electron chi connectivity index (χ1n) is 5.76. The normalized spacial score (nSPS) is 28.7. The summed E-state index contributed by atoms with van der Waals surface area (Å²) in [6, 6.07) is 10.4. The van der Waals surface area contributed by atoms with Crippen molar-refractivity contribution in [2.45, 2.75) is 37.8 Å². The Morgan fingerprint density at radius 2 is 1.67 bits per heavy atom. The summed E-state index contributed by atoms with van der Waals surface area (Å²) >= 11 is 0. The van der Waals surface area contributed by atoms with E-state index >= 15 is 0 Å². The molecule has 2 nitrogen and oxygen atoms in total. The average Bonchev–Trinajstić information content (AvgIpc) is 2.30. The number of rotatable bonds is 2. The Labute approximate surface area is 91.1 Å². The van der Waals surface area contributed by atoms with Gasteiger partial charge < -0.3 is 10.8 Å². The molecule has 0 amide bonds. The topological polar surface area (TPSA) is 46.2 Å². The van der Waals surface area contributed by atoms with Gasteiger partial charge in [0.15, 0.2) is 0 Å². The Hall–Kier alpha value is -0.860. The van der Waals surface area contributed by atoms with Crippen molar-refractivity contribution in [2.75, 3.05) is 0 Å². The van der Waals surface area contributed by atoms with Crippen LogP contribution in [0.25, 0.3) is 0 Å². The number of hydrogen-bond donors (Lipinski definition) is 2. The van der Waals surface area contributed by atoms with Crippen LogP contribution in [0.3, 0.4) is 0 Å². The highest BCUT2D eigenvalue weighted by Crippen LogP contribution is 2.32. The van der Waals surface area contributed by atoms with E-state index in [1.807, 2.05) is 18.2 Å². The summed E-state index contributed by atoms with van der Waals surface area (Å²) in [5, 5.41) is 9.44. The summed E-state index contributed by atoms with van der Waals surface area (Å²) in [6.07, 6.45) is 3.83. The second kappa shape index (κ2) is 4.77. The molecule has 0 spiro atoms. The fourth-order valence-electron chi connectivity index (χ4n) is 2.41. The van der Waals surface area contributed by atoms with Crippen molar-refractivity contribution in [2.24, 2.45) is 11.7 Å². The van der Waals surface area contributed by atoms with E-state index in [1.54, 1.807) is 0 Å². The molecule has 1 aliphatic carbocycles. The Morgan fingerprint density at radius 1 is 1.07 bits per heavy atom. The quantitative estimate of drug-likeness (QED) is 0.777. The van der Waals surface area contributed by atoms with Gasteiger partial charge in [0, 0.05) is 6.04 Å². The summed E-state index contributed by atoms with van der Waals surface area (Å²) in [6.45, 7) is 0. The molecule has 0 bridgehead atoms. The van der Waals surface area contributed by atoms with Crippen LogP contribution in [-0.4, -0.2) is 11.2 Å². The summed E-state index contributed by atoms with van der Waals surface area (Å²) in [7, 11) is 0. The summed E-state index contributed by atoms with van der Waals surface area (Å²) in [5.74, 6) is 0.538. The SMILES string of the molecule is NC(c1ccccc1)C1CCC(O)CC1. The molecule has 0 aliphatic heterocycles. The van der Waals surface area contributed by atoms with Crippen LogP contribution in [0.5, 0.6) is 0 Å². The van der Waals surface area contributed by atoms with Gasteiger partial charge in [-0.25, -0.2) is 0 Å². The minimum Gasteiger partial charge on any atom is -0.393 e. The zero-order valence-corrected chi connectivity index (χ0v) is 8.97. The molecule has 82 valence electrons. The molecule has 1 atom stereocenters. The van der Waals surface area contributed by atoms with Gasteiger partial charge >= 0.3 is 0 Å². The maximum Gasteiger partial charge on any atom is 0.0540 e. The van der Waals surface area contributed by atoms with E-state index < -0.39 is 0 Å². The third kappa shape index (κ3) is 2.58. The first-order chi connectivity index (χ1) is 7.27. The van der Waals surface area contributed by atoms with Crippen molar-refractivity contribution < 1.29 is 5.11 Å². The number of aliphatic hydroxyl groups excluding tert-OH is 1. The van der Waals surface area contributed by atoms with E-state index in [2.05, 4.69) is 12.1 Å². The van der Waals surface area contributed by atoms with Crippen molar-refractivity contribution in [3.05, 3.63) is 35.9 Å². The molecule has 1 saturated carbocycles. The van der Waals surface area contributed by atoms with Gasteiger partial charge in [0.05, 0.1) is 6.10 Å². The maximum atomic E-state index is 9.44. The van der Waals surface area contributed by atoms with E-state index in [1.165, 1.54) is 5.56 Å². The third-order valence-electron chi connectivity index (χ3n) is 3.43. The van der Waals surface area contributed by atoms with Gasteiger partial charge in [0.1, 0.15) is 0 Å². The van der Waals surface area contributed by atoms with Gasteiger partial charge in [0.25, 0.3) is 0 Å². The van der Waals surface area contributed by atoms with Crippen LogP contribution >= 0.6 is 0 Å². The molecule has 0 radical (unpaired) electrons. The number of nitrogens with two attached hydrogens (primary N) is 1. The third-order valence-corrected chi connectivity index (χ3v) is 3.43. The van der Waals surface area contributed by atoms with Gasteiger partial charge in [-0.3, -0.25) is 0 Å². The Morgan fingerprint density at radius 3 is 2.27 bits per heavy atom. The molecular weight excluding hydrogens is 186 g/mol. The van der Waals surface area contributed by atoms with Gasteiger partial charge in [-0.2, -0.15) is 0 Å². The summed E-state index contributed by atoms with van der Waals surface area (Å²) in [4.78, 5) is 0. The molecule has 15 heavy (non-hydrogen) atoms. The minimum absolute atomic E-state index is 0.0933. The van der Waals surface area contributed by atoms with Crippen LogP contribution in [0.1, 0.15) is 37.3 Å². The highest BCUT2D eigenvalue weighted by atomic mass is 16.3. The number of aliphatic hydroxyl groups is 1. The molecule has 1 aliphatic rings. The zero-order chi connectivity index (χ0) is 10.7. The Balaban J connectivity index is 1.99. The molecule has 0 saturated heterocycles. The number of hydrogen-bond acceptors (Lipinski definition) is 2. The predicted molar refractivity (Wildman–Crippen MR) is 61.3 cm³/mol. The highest BCUT2D eigenvalue weighted by molar-refractivity contribution is 5.19. The van der Waals surface area contributed by atoms with Crippen molar-refractivity contribution in [1.29, 1.82) is 0 Å². The molecule has 2 rings (SSSR count). The van der Waals surface area contributed by atoms with Crippen LogP contribution < -0.4 is 5.73 Å². The van der Waals surface area contributed by atoms with E-state index in [9.17, 15) is 5.11 Å². The first-order valence-corrected chi connectivity index (χ1v) is 5.76. The number of benzene rings is 1. The van der Waals surface area contributed by atoms with Gasteiger partial charge in [0.2, 0.25) is 0 Å². The van der Waals surface area contributed by atoms with Crippen LogP contribution in [0.15, 0.2) is 30.3 Å². The van der Waals surface area contributed by atoms with E-state index in [4.69, 9.17) is 5.73 Å². The maximum absolute atomic E-state index is 9.44. The van der Waals surface area contributed by atoms with Crippen LogP contribution in [0.2, 0.25) is 0 Å². The van der Waals surface area contributed by atoms with Gasteiger partial charge in [-0.1, -0.05) is 30.3 Å². The van der Waals surface area contributed by atoms with E-state index in [0.29, 0.717) is 5.92 Å². The largest absolute Gasteiger partial charge is 0.393 e. The molecule has 1 unspecified atom stereocenters. The minimum atomic E-state index is -0.0933. The van der Waals surface area contributed by atoms with Crippen molar-refractivity contribution >= 4 is 0 Å². The second-order valence-corrected chi connectivity index (χ2v) is 4.51. The van der Waals surface area contributed by atoms with Crippen LogP contribution in [0.4, 0.5) is 0 Å². The van der Waals surface area contributed by atoms with Crippen LogP contribution in [-0.2, 0) is 0 Å². The first kappa shape index (κ1) is 10.7. The summed E-state index contributed by atoms with van der Waals surface area (Å²) in [5.41, 5.74) is 7.45. The Kier molecular flexibility index (Phi) is 3.39. The van der Waals surface area contributed by atoms with Crippen molar-refractivity contribution in [3.63, 3.8) is 0 Å². The zero-order valence-electron chi connectivity index (χ0n) is 8.97. The monoisotopic (exact) mass is 205 g/mol. The predicted octanol–water partition coefficient (Wildman–Crippen LogP) is 2.24. The fraction of sp³-hybridized carbons (Fsp3) is 0.538. The lowest BCUT2D eigenvalue weighted by molar-refractivity contribution is 0.102. The Bertz CT molecular complexity index is 291. The second-order valence-electron chi connectivity index (χ2n) is 4.51. The molecule has 2 heteroatoms. The average molecular weight is 205 g/mol. The highest BCUT2D eigenvalue weighted by Gasteiger charge is 2.25.